The van der Waals surface area contributed by atoms with Crippen molar-refractivity contribution in [1.29, 1.82) is 0 Å². The molecule has 8 nitrogen and oxygen atoms in total. The second-order valence-corrected chi connectivity index (χ2v) is 13.6. The summed E-state index contributed by atoms with van der Waals surface area (Å²) in [5.74, 6) is 2.86. The third kappa shape index (κ3) is 7.00. The smallest absolute Gasteiger partial charge is 0.251 e. The number of hydrogen-bond donors (Lipinski definition) is 5. The molecule has 2 aliphatic heterocycles. The highest BCUT2D eigenvalue weighted by Gasteiger charge is 2.31. The summed E-state index contributed by atoms with van der Waals surface area (Å²) < 4.78 is 0. The van der Waals surface area contributed by atoms with E-state index in [0.29, 0.717) is 29.9 Å². The monoisotopic (exact) mass is 592 g/mol. The highest BCUT2D eigenvalue weighted by atomic mass is 32.1. The zero-order valence-electron chi connectivity index (χ0n) is 25.0. The maximum Gasteiger partial charge on any atom is 0.251 e. The summed E-state index contributed by atoms with van der Waals surface area (Å²) in [4.78, 5) is 23.3. The van der Waals surface area contributed by atoms with Crippen LogP contribution in [0.5, 0.6) is 5.75 Å². The van der Waals surface area contributed by atoms with Crippen LogP contribution in [0.4, 0.5) is 11.6 Å². The molecule has 42 heavy (non-hydrogen) atoms. The quantitative estimate of drug-likeness (QED) is 0.204. The summed E-state index contributed by atoms with van der Waals surface area (Å²) in [5.41, 5.74) is 3.06. The number of carbonyl (C=O) groups is 1. The summed E-state index contributed by atoms with van der Waals surface area (Å²) >= 11 is 4.89. The van der Waals surface area contributed by atoms with Crippen LogP contribution >= 0.6 is 12.6 Å². The van der Waals surface area contributed by atoms with Gasteiger partial charge in [0.05, 0.1) is 0 Å². The molecular weight excluding hydrogens is 544 g/mol. The van der Waals surface area contributed by atoms with Crippen LogP contribution in [0.25, 0.3) is 0 Å². The Morgan fingerprint density at radius 3 is 2.60 bits per heavy atom. The topological polar surface area (TPSA) is 92.8 Å². The Kier molecular flexibility index (Phi) is 9.46. The number of fused-ring (bicyclic) bond motifs is 1. The van der Waals surface area contributed by atoms with Gasteiger partial charge in [-0.1, -0.05) is 12.5 Å². The highest BCUT2D eigenvalue weighted by molar-refractivity contribution is 7.81. The van der Waals surface area contributed by atoms with Gasteiger partial charge in [-0.25, -0.2) is 4.98 Å². The molecule has 2 aliphatic carbocycles. The van der Waals surface area contributed by atoms with Crippen LogP contribution in [0, 0.1) is 5.92 Å². The highest BCUT2D eigenvalue weighted by Crippen LogP contribution is 2.33. The molecule has 0 spiro atoms. The van der Waals surface area contributed by atoms with E-state index in [9.17, 15) is 9.90 Å². The van der Waals surface area contributed by atoms with Crippen LogP contribution in [0.3, 0.4) is 0 Å². The number of anilines is 2. The number of nitrogens with one attached hydrogen (secondary N) is 3. The molecule has 1 aromatic heterocycles. The van der Waals surface area contributed by atoms with E-state index in [-0.39, 0.29) is 17.2 Å². The van der Waals surface area contributed by atoms with Gasteiger partial charge < -0.3 is 26.0 Å². The molecule has 1 aromatic carbocycles. The number of hydrogen-bond acceptors (Lipinski definition) is 8. The molecule has 4 aliphatic rings. The fraction of sp³-hybridized carbons (Fsp3) is 0.636. The van der Waals surface area contributed by atoms with E-state index >= 15 is 0 Å². The van der Waals surface area contributed by atoms with Crippen molar-refractivity contribution in [2.24, 2.45) is 5.92 Å². The number of aromatic hydroxyl groups is 1. The molecule has 6 rings (SSSR count). The van der Waals surface area contributed by atoms with Crippen molar-refractivity contribution in [3.63, 3.8) is 0 Å². The van der Waals surface area contributed by atoms with Gasteiger partial charge in [-0.15, -0.1) is 0 Å². The first-order chi connectivity index (χ1) is 20.4. The number of nitrogens with zero attached hydrogens (tertiary/aromatic N) is 3. The second kappa shape index (κ2) is 13.4. The van der Waals surface area contributed by atoms with Gasteiger partial charge in [-0.2, -0.15) is 12.6 Å². The lowest BCUT2D eigenvalue weighted by molar-refractivity contribution is 0.0952. The number of rotatable bonds is 10. The van der Waals surface area contributed by atoms with Crippen LogP contribution in [-0.4, -0.2) is 77.0 Å². The van der Waals surface area contributed by atoms with Gasteiger partial charge in [0, 0.05) is 68.2 Å². The van der Waals surface area contributed by atoms with E-state index < -0.39 is 0 Å². The Hall–Kier alpha value is -2.49. The summed E-state index contributed by atoms with van der Waals surface area (Å²) in [7, 11) is 0. The van der Waals surface area contributed by atoms with E-state index in [0.717, 1.165) is 75.1 Å². The van der Waals surface area contributed by atoms with Crippen molar-refractivity contribution in [1.82, 2.24) is 20.5 Å². The molecule has 3 unspecified atom stereocenters. The van der Waals surface area contributed by atoms with E-state index in [1.54, 1.807) is 6.07 Å². The van der Waals surface area contributed by atoms with Gasteiger partial charge in [-0.3, -0.25) is 9.69 Å². The molecule has 2 aromatic rings. The minimum absolute atomic E-state index is 0.0355. The SMILES string of the molecule is CC(C1CCC1)N1CCN(c2cc(C(=O)NCCCC3NCc4cc(O)ccc4CC3S)cc(NC3CCC3)n2)CC1. The molecule has 3 atom stereocenters. The number of piperazine rings is 1. The van der Waals surface area contributed by atoms with Crippen LogP contribution in [0.15, 0.2) is 30.3 Å². The minimum atomic E-state index is -0.0355. The summed E-state index contributed by atoms with van der Waals surface area (Å²) in [6, 6.07) is 10.9. The fourth-order valence-corrected chi connectivity index (χ4v) is 7.32. The Morgan fingerprint density at radius 1 is 1.10 bits per heavy atom. The van der Waals surface area contributed by atoms with Gasteiger partial charge in [0.2, 0.25) is 0 Å². The van der Waals surface area contributed by atoms with Crippen molar-refractivity contribution in [3.8, 4) is 5.75 Å². The molecule has 9 heteroatoms. The molecule has 3 fully saturated rings. The van der Waals surface area contributed by atoms with Gasteiger partial charge in [0.1, 0.15) is 17.4 Å². The average Bonchev–Trinajstić information content (AvgIpc) is 3.09. The Labute approximate surface area is 256 Å². The van der Waals surface area contributed by atoms with Crippen molar-refractivity contribution >= 4 is 30.2 Å². The molecule has 228 valence electrons. The first-order valence-electron chi connectivity index (χ1n) is 16.2. The first kappa shape index (κ1) is 29.6. The standard InChI is InChI=1S/C33H48N6O2S/c1-22(23-5-2-6-23)38-13-15-39(16-14-38)32-20-25(19-31(37-32)36-27-7-3-8-27)33(41)34-12-4-9-29-30(42)18-24-10-11-28(40)17-26(24)21-35-29/h10-11,17,19-20,22-23,27,29-30,35,40,42H,2-9,12-16,18,21H2,1H3,(H,34,41)(H,36,37). The Balaban J connectivity index is 1.04. The number of carbonyl (C=O) groups excluding carboxylic acids is 1. The normalized spacial score (nSPS) is 24.2. The second-order valence-electron chi connectivity index (χ2n) is 12.9. The summed E-state index contributed by atoms with van der Waals surface area (Å²) in [5, 5.41) is 20.4. The maximum absolute atomic E-state index is 13.4. The molecule has 0 bridgehead atoms. The maximum atomic E-state index is 13.4. The van der Waals surface area contributed by atoms with Crippen molar-refractivity contribution < 1.29 is 9.90 Å². The van der Waals surface area contributed by atoms with Gasteiger partial charge in [-0.05, 0) is 99.6 Å². The number of aromatic nitrogens is 1. The fourth-order valence-electron chi connectivity index (χ4n) is 6.86. The lowest BCUT2D eigenvalue weighted by atomic mass is 9.79. The minimum Gasteiger partial charge on any atom is -0.508 e. The predicted octanol–water partition coefficient (Wildman–Crippen LogP) is 4.59. The number of benzene rings is 1. The number of amides is 1. The summed E-state index contributed by atoms with van der Waals surface area (Å²) in [6.45, 7) is 7.73. The Bertz CT molecular complexity index is 1230. The Morgan fingerprint density at radius 2 is 1.88 bits per heavy atom. The number of phenols is 1. The number of phenolic OH excluding ortho intramolecular Hbond substituents is 1. The average molecular weight is 593 g/mol. The molecule has 1 amide bonds. The largest absolute Gasteiger partial charge is 0.508 e. The van der Waals surface area contributed by atoms with E-state index in [1.807, 2.05) is 24.3 Å². The molecule has 2 saturated carbocycles. The van der Waals surface area contributed by atoms with Gasteiger partial charge in [0.25, 0.3) is 5.91 Å². The van der Waals surface area contributed by atoms with Crippen molar-refractivity contribution in [3.05, 3.63) is 47.0 Å². The number of pyridine rings is 1. The van der Waals surface area contributed by atoms with E-state index in [2.05, 4.69) is 32.7 Å². The van der Waals surface area contributed by atoms with Crippen LogP contribution < -0.4 is 20.9 Å². The number of thiol groups is 1. The van der Waals surface area contributed by atoms with E-state index in [4.69, 9.17) is 17.6 Å². The molecular formula is C33H48N6O2S. The zero-order chi connectivity index (χ0) is 29.1. The molecule has 0 radical (unpaired) electrons. The zero-order valence-corrected chi connectivity index (χ0v) is 25.9. The van der Waals surface area contributed by atoms with Gasteiger partial charge in [0.15, 0.2) is 0 Å². The lowest BCUT2D eigenvalue weighted by Gasteiger charge is -2.43. The van der Waals surface area contributed by atoms with Crippen LogP contribution in [0.1, 0.15) is 79.8 Å². The van der Waals surface area contributed by atoms with E-state index in [1.165, 1.54) is 44.1 Å². The third-order valence-corrected chi connectivity index (χ3v) is 10.7. The van der Waals surface area contributed by atoms with Crippen LogP contribution in [-0.2, 0) is 13.0 Å². The van der Waals surface area contributed by atoms with Gasteiger partial charge >= 0.3 is 0 Å². The lowest BCUT2D eigenvalue weighted by Crippen LogP contribution is -2.52. The summed E-state index contributed by atoms with van der Waals surface area (Å²) in [6.07, 6.45) is 10.4. The molecule has 4 N–H and O–H groups in total. The predicted molar refractivity (Wildman–Crippen MR) is 173 cm³/mol. The molecule has 3 heterocycles. The third-order valence-electron chi connectivity index (χ3n) is 10.2. The molecule has 1 saturated heterocycles. The van der Waals surface area contributed by atoms with Crippen molar-refractivity contribution in [2.45, 2.75) is 94.6 Å². The first-order valence-corrected chi connectivity index (χ1v) is 16.7. The van der Waals surface area contributed by atoms with Crippen molar-refractivity contribution in [2.75, 3.05) is 42.9 Å². The van der Waals surface area contributed by atoms with Crippen LogP contribution in [0.2, 0.25) is 0 Å².